The molecule has 2 aliphatic rings. The monoisotopic (exact) mass is 240 g/mol. The zero-order chi connectivity index (χ0) is 11.6. The Bertz CT molecular complexity index is 255. The number of nitrogens with zero attached hydrogens (tertiary/aromatic N) is 1. The molecule has 2 N–H and O–H groups in total. The molecule has 0 aliphatic heterocycles. The van der Waals surface area contributed by atoms with E-state index in [0.29, 0.717) is 10.4 Å². The molecule has 0 atom stereocenters. The van der Waals surface area contributed by atoms with Crippen LogP contribution in [0, 0.1) is 11.3 Å². The molecule has 0 aromatic rings. The molecule has 3 heteroatoms. The van der Waals surface area contributed by atoms with E-state index in [1.165, 1.54) is 51.6 Å². The smallest absolute Gasteiger partial charge is 0.0733 e. The Morgan fingerprint density at radius 1 is 1.38 bits per heavy atom. The zero-order valence-corrected chi connectivity index (χ0v) is 11.2. The molecule has 0 radical (unpaired) electrons. The van der Waals surface area contributed by atoms with E-state index in [4.69, 9.17) is 18.0 Å². The van der Waals surface area contributed by atoms with Crippen LogP contribution in [-0.2, 0) is 0 Å². The van der Waals surface area contributed by atoms with Crippen molar-refractivity contribution in [1.29, 1.82) is 0 Å². The van der Waals surface area contributed by atoms with Crippen molar-refractivity contribution in [2.45, 2.75) is 44.9 Å². The summed E-state index contributed by atoms with van der Waals surface area (Å²) in [4.78, 5) is 3.22. The minimum Gasteiger partial charge on any atom is -0.393 e. The maximum atomic E-state index is 5.67. The van der Waals surface area contributed by atoms with Gasteiger partial charge in [0.2, 0.25) is 0 Å². The molecule has 2 rings (SSSR count). The van der Waals surface area contributed by atoms with E-state index >= 15 is 0 Å². The lowest BCUT2D eigenvalue weighted by Crippen LogP contribution is -2.32. The van der Waals surface area contributed by atoms with Gasteiger partial charge in [-0.05, 0) is 44.1 Å². The molecule has 2 saturated carbocycles. The van der Waals surface area contributed by atoms with Gasteiger partial charge in [0.25, 0.3) is 0 Å². The lowest BCUT2D eigenvalue weighted by molar-refractivity contribution is 0.230. The van der Waals surface area contributed by atoms with Crippen molar-refractivity contribution in [2.75, 3.05) is 20.1 Å². The second-order valence-electron chi connectivity index (χ2n) is 5.99. The van der Waals surface area contributed by atoms with Crippen LogP contribution in [0.25, 0.3) is 0 Å². The van der Waals surface area contributed by atoms with Gasteiger partial charge in [-0.1, -0.05) is 25.1 Å². The lowest BCUT2D eigenvalue weighted by Gasteiger charge is -2.25. The van der Waals surface area contributed by atoms with Crippen molar-refractivity contribution >= 4 is 17.2 Å². The summed E-state index contributed by atoms with van der Waals surface area (Å²) in [6.07, 6.45) is 9.35. The van der Waals surface area contributed by atoms with Crippen molar-refractivity contribution in [3.63, 3.8) is 0 Å². The molecule has 16 heavy (non-hydrogen) atoms. The summed E-state index contributed by atoms with van der Waals surface area (Å²) < 4.78 is 0. The normalized spacial score (nSPS) is 23.9. The Morgan fingerprint density at radius 2 is 2.00 bits per heavy atom. The third-order valence-electron chi connectivity index (χ3n) is 4.16. The summed E-state index contributed by atoms with van der Waals surface area (Å²) in [6, 6.07) is 0. The second kappa shape index (κ2) is 5.01. The molecular formula is C13H24N2S. The van der Waals surface area contributed by atoms with Crippen LogP contribution < -0.4 is 5.73 Å². The molecule has 92 valence electrons. The predicted octanol–water partition coefficient (Wildman–Crippen LogP) is 2.56. The highest BCUT2D eigenvalue weighted by Crippen LogP contribution is 2.49. The Labute approximate surface area is 105 Å². The average molecular weight is 240 g/mol. The molecule has 0 unspecified atom stereocenters. The van der Waals surface area contributed by atoms with Gasteiger partial charge in [0.15, 0.2) is 0 Å². The molecule has 2 nitrogen and oxygen atoms in total. The van der Waals surface area contributed by atoms with E-state index in [2.05, 4.69) is 11.9 Å². The summed E-state index contributed by atoms with van der Waals surface area (Å²) >= 11 is 5.04. The largest absolute Gasteiger partial charge is 0.393 e. The highest BCUT2D eigenvalue weighted by molar-refractivity contribution is 7.80. The SMILES string of the molecule is CN(CC1CCCC1)CC1(CC(N)=S)CC1. The Kier molecular flexibility index (Phi) is 3.85. The first-order chi connectivity index (χ1) is 7.60. The molecule has 2 aliphatic carbocycles. The molecule has 0 saturated heterocycles. The highest BCUT2D eigenvalue weighted by Gasteiger charge is 2.43. The van der Waals surface area contributed by atoms with Crippen molar-refractivity contribution in [1.82, 2.24) is 4.90 Å². The third-order valence-corrected chi connectivity index (χ3v) is 4.30. The highest BCUT2D eigenvalue weighted by atomic mass is 32.1. The maximum Gasteiger partial charge on any atom is 0.0733 e. The molecule has 0 bridgehead atoms. The summed E-state index contributed by atoms with van der Waals surface area (Å²) in [7, 11) is 2.26. The van der Waals surface area contributed by atoms with Crippen LogP contribution >= 0.6 is 12.2 Å². The fraction of sp³-hybridized carbons (Fsp3) is 0.923. The minimum atomic E-state index is 0.458. The molecule has 0 aromatic heterocycles. The summed E-state index contributed by atoms with van der Waals surface area (Å²) in [5.74, 6) is 0.950. The van der Waals surface area contributed by atoms with Gasteiger partial charge in [-0.15, -0.1) is 0 Å². The van der Waals surface area contributed by atoms with Gasteiger partial charge in [0.05, 0.1) is 4.99 Å². The molecule has 0 aromatic carbocycles. The molecule has 0 spiro atoms. The lowest BCUT2D eigenvalue weighted by atomic mass is 10.0. The van der Waals surface area contributed by atoms with Crippen LogP contribution in [0.4, 0.5) is 0 Å². The van der Waals surface area contributed by atoms with Crippen molar-refractivity contribution in [3.05, 3.63) is 0 Å². The van der Waals surface area contributed by atoms with Gasteiger partial charge >= 0.3 is 0 Å². The van der Waals surface area contributed by atoms with Gasteiger partial charge in [0.1, 0.15) is 0 Å². The van der Waals surface area contributed by atoms with Crippen molar-refractivity contribution in [2.24, 2.45) is 17.1 Å². The fourth-order valence-electron chi connectivity index (χ4n) is 3.21. The Morgan fingerprint density at radius 3 is 2.50 bits per heavy atom. The van der Waals surface area contributed by atoms with E-state index in [-0.39, 0.29) is 0 Å². The molecule has 0 amide bonds. The third kappa shape index (κ3) is 3.42. The maximum absolute atomic E-state index is 5.67. The fourth-order valence-corrected chi connectivity index (χ4v) is 3.51. The van der Waals surface area contributed by atoms with Gasteiger partial charge in [-0.25, -0.2) is 0 Å². The first kappa shape index (κ1) is 12.3. The van der Waals surface area contributed by atoms with Crippen molar-refractivity contribution < 1.29 is 0 Å². The first-order valence-corrected chi connectivity index (χ1v) is 6.97. The van der Waals surface area contributed by atoms with Crippen LogP contribution in [0.3, 0.4) is 0 Å². The van der Waals surface area contributed by atoms with Crippen LogP contribution in [-0.4, -0.2) is 30.0 Å². The number of nitrogens with two attached hydrogens (primary N) is 1. The standard InChI is InChI=1S/C13H24N2S/c1-15(9-11-4-2-3-5-11)10-13(6-7-13)8-12(14)16/h11H,2-10H2,1H3,(H2,14,16). The van der Waals surface area contributed by atoms with Crippen molar-refractivity contribution in [3.8, 4) is 0 Å². The van der Waals surface area contributed by atoms with E-state index < -0.39 is 0 Å². The van der Waals surface area contributed by atoms with E-state index in [9.17, 15) is 0 Å². The van der Waals surface area contributed by atoms with Crippen LogP contribution in [0.2, 0.25) is 0 Å². The summed E-state index contributed by atoms with van der Waals surface area (Å²) in [5.41, 5.74) is 6.13. The van der Waals surface area contributed by atoms with Crippen LogP contribution in [0.15, 0.2) is 0 Å². The average Bonchev–Trinajstić information content (AvgIpc) is 2.74. The van der Waals surface area contributed by atoms with E-state index in [0.717, 1.165) is 12.3 Å². The number of rotatable bonds is 6. The van der Waals surface area contributed by atoms with Crippen LogP contribution in [0.5, 0.6) is 0 Å². The number of hydrogen-bond acceptors (Lipinski definition) is 2. The topological polar surface area (TPSA) is 29.3 Å². The van der Waals surface area contributed by atoms with Gasteiger partial charge in [0, 0.05) is 19.5 Å². The Balaban J connectivity index is 1.73. The zero-order valence-electron chi connectivity index (χ0n) is 10.4. The van der Waals surface area contributed by atoms with E-state index in [1.54, 1.807) is 0 Å². The van der Waals surface area contributed by atoms with Gasteiger partial charge in [-0.2, -0.15) is 0 Å². The minimum absolute atomic E-state index is 0.458. The summed E-state index contributed by atoms with van der Waals surface area (Å²) in [5, 5.41) is 0. The molecule has 2 fully saturated rings. The second-order valence-corrected chi connectivity index (χ2v) is 6.51. The van der Waals surface area contributed by atoms with Gasteiger partial charge < -0.3 is 10.6 Å². The summed E-state index contributed by atoms with van der Waals surface area (Å²) in [6.45, 7) is 2.47. The molecule has 0 heterocycles. The number of thiocarbonyl (C=S) groups is 1. The van der Waals surface area contributed by atoms with Crippen LogP contribution in [0.1, 0.15) is 44.9 Å². The van der Waals surface area contributed by atoms with Gasteiger partial charge in [-0.3, -0.25) is 0 Å². The predicted molar refractivity (Wildman–Crippen MR) is 72.5 cm³/mol. The first-order valence-electron chi connectivity index (χ1n) is 6.56. The Hall–Kier alpha value is -0.150. The quantitative estimate of drug-likeness (QED) is 0.724. The van der Waals surface area contributed by atoms with E-state index in [1.807, 2.05) is 0 Å². The molecular weight excluding hydrogens is 216 g/mol. The number of hydrogen-bond donors (Lipinski definition) is 1.